The number of benzene rings is 1. The molecule has 0 unspecified atom stereocenters. The predicted octanol–water partition coefficient (Wildman–Crippen LogP) is 2.84. The van der Waals surface area contributed by atoms with Gasteiger partial charge in [0, 0.05) is 24.5 Å². The molecule has 0 bridgehead atoms. The molecule has 2 aromatic rings. The molecule has 0 amide bonds. The summed E-state index contributed by atoms with van der Waals surface area (Å²) in [6.45, 7) is 4.82. The summed E-state index contributed by atoms with van der Waals surface area (Å²) in [5.74, 6) is 1.13. The van der Waals surface area contributed by atoms with Crippen LogP contribution in [0.25, 0.3) is 0 Å². The molecule has 1 heterocycles. The van der Waals surface area contributed by atoms with E-state index in [1.165, 1.54) is 0 Å². The Kier molecular flexibility index (Phi) is 4.00. The molecule has 0 N–H and O–H groups in total. The second-order valence-electron chi connectivity index (χ2n) is 4.46. The minimum atomic E-state index is -0.0725. The Balaban J connectivity index is 2.36. The maximum atomic E-state index is 12.4. The first-order valence-corrected chi connectivity index (χ1v) is 6.37. The maximum absolute atomic E-state index is 12.4. The van der Waals surface area contributed by atoms with Crippen LogP contribution in [0.4, 0.5) is 0 Å². The van der Waals surface area contributed by atoms with E-state index in [0.29, 0.717) is 11.4 Å². The summed E-state index contributed by atoms with van der Waals surface area (Å²) in [6.07, 6.45) is 4.46. The topological polar surface area (TPSA) is 44.1 Å². The van der Waals surface area contributed by atoms with Gasteiger partial charge in [-0.1, -0.05) is 19.1 Å². The Morgan fingerprint density at radius 2 is 2.21 bits per heavy atom. The molecule has 4 nitrogen and oxygen atoms in total. The summed E-state index contributed by atoms with van der Waals surface area (Å²) >= 11 is 0. The van der Waals surface area contributed by atoms with Crippen LogP contribution in [-0.4, -0.2) is 22.4 Å². The molecule has 0 aliphatic rings. The summed E-state index contributed by atoms with van der Waals surface area (Å²) in [5, 5.41) is 0. The molecule has 0 saturated carbocycles. The minimum Gasteiger partial charge on any atom is -0.496 e. The molecule has 0 fully saturated rings. The zero-order valence-corrected chi connectivity index (χ0v) is 11.5. The normalized spacial score (nSPS) is 10.5. The summed E-state index contributed by atoms with van der Waals surface area (Å²) < 4.78 is 7.14. The number of hydrogen-bond acceptors (Lipinski definition) is 3. The zero-order valence-electron chi connectivity index (χ0n) is 11.5. The van der Waals surface area contributed by atoms with E-state index in [4.69, 9.17) is 4.74 Å². The molecule has 19 heavy (non-hydrogen) atoms. The fourth-order valence-electron chi connectivity index (χ4n) is 2.03. The number of hydrogen-bond donors (Lipinski definition) is 0. The number of carbonyl (C=O) groups is 1. The average molecular weight is 258 g/mol. The zero-order chi connectivity index (χ0) is 13.8. The van der Waals surface area contributed by atoms with Crippen molar-refractivity contribution >= 4 is 5.78 Å². The number of rotatable bonds is 5. The van der Waals surface area contributed by atoms with E-state index in [0.717, 1.165) is 24.3 Å². The quantitative estimate of drug-likeness (QED) is 0.775. The lowest BCUT2D eigenvalue weighted by atomic mass is 10.1. The van der Waals surface area contributed by atoms with Gasteiger partial charge >= 0.3 is 0 Å². The lowest BCUT2D eigenvalue weighted by molar-refractivity contribution is 0.102. The first-order chi connectivity index (χ1) is 9.17. The standard InChI is InChI=1S/C15H18N2O2/c1-4-8-17-9-7-16-15(17)14(18)12-6-5-11(2)13(10-12)19-3/h5-7,9-10H,4,8H2,1-3H3. The molecule has 4 heteroatoms. The van der Waals surface area contributed by atoms with Crippen LogP contribution in [0, 0.1) is 6.92 Å². The first-order valence-electron chi connectivity index (χ1n) is 6.37. The summed E-state index contributed by atoms with van der Waals surface area (Å²) in [6, 6.07) is 5.47. The third-order valence-electron chi connectivity index (χ3n) is 3.05. The molecule has 1 aromatic carbocycles. The van der Waals surface area contributed by atoms with Crippen molar-refractivity contribution in [3.63, 3.8) is 0 Å². The van der Waals surface area contributed by atoms with E-state index in [1.54, 1.807) is 19.4 Å². The van der Waals surface area contributed by atoms with Crippen molar-refractivity contribution in [3.8, 4) is 5.75 Å². The fourth-order valence-corrected chi connectivity index (χ4v) is 2.03. The van der Waals surface area contributed by atoms with Gasteiger partial charge in [-0.05, 0) is 25.0 Å². The van der Waals surface area contributed by atoms with Gasteiger partial charge in [0.2, 0.25) is 5.78 Å². The largest absolute Gasteiger partial charge is 0.496 e. The summed E-state index contributed by atoms with van der Waals surface area (Å²) in [4.78, 5) is 16.6. The van der Waals surface area contributed by atoms with E-state index in [2.05, 4.69) is 11.9 Å². The van der Waals surface area contributed by atoms with Gasteiger partial charge < -0.3 is 9.30 Å². The van der Waals surface area contributed by atoms with Gasteiger partial charge in [0.25, 0.3) is 0 Å². The van der Waals surface area contributed by atoms with Crippen molar-refractivity contribution in [1.82, 2.24) is 9.55 Å². The van der Waals surface area contributed by atoms with E-state index >= 15 is 0 Å². The lowest BCUT2D eigenvalue weighted by Gasteiger charge is -2.08. The van der Waals surface area contributed by atoms with Gasteiger partial charge in [0.1, 0.15) is 5.75 Å². The number of ketones is 1. The van der Waals surface area contributed by atoms with E-state index in [1.807, 2.05) is 29.8 Å². The number of ether oxygens (including phenoxy) is 1. The number of nitrogens with zero attached hydrogens (tertiary/aromatic N) is 2. The van der Waals surface area contributed by atoms with Crippen LogP contribution in [0.1, 0.15) is 35.1 Å². The predicted molar refractivity (Wildman–Crippen MR) is 73.7 cm³/mol. The van der Waals surface area contributed by atoms with E-state index in [-0.39, 0.29) is 5.78 Å². The second-order valence-corrected chi connectivity index (χ2v) is 4.46. The molecule has 100 valence electrons. The van der Waals surface area contributed by atoms with Crippen LogP contribution in [0.15, 0.2) is 30.6 Å². The van der Waals surface area contributed by atoms with Gasteiger partial charge in [-0.2, -0.15) is 0 Å². The van der Waals surface area contributed by atoms with Crippen molar-refractivity contribution in [2.45, 2.75) is 26.8 Å². The van der Waals surface area contributed by atoms with Gasteiger partial charge in [0.05, 0.1) is 7.11 Å². The van der Waals surface area contributed by atoms with Crippen LogP contribution in [0.3, 0.4) is 0 Å². The Labute approximate surface area is 113 Å². The number of aromatic nitrogens is 2. The lowest BCUT2D eigenvalue weighted by Crippen LogP contribution is -2.11. The monoisotopic (exact) mass is 258 g/mol. The SMILES string of the molecule is CCCn1ccnc1C(=O)c1ccc(C)c(OC)c1. The maximum Gasteiger partial charge on any atom is 0.228 e. The molecule has 1 aromatic heterocycles. The molecule has 0 spiro atoms. The van der Waals surface area contributed by atoms with Gasteiger partial charge in [-0.15, -0.1) is 0 Å². The number of carbonyl (C=O) groups excluding carboxylic acids is 1. The fraction of sp³-hybridized carbons (Fsp3) is 0.333. The third kappa shape index (κ3) is 2.67. The molecule has 0 aliphatic heterocycles. The van der Waals surface area contributed by atoms with Crippen LogP contribution in [0.5, 0.6) is 5.75 Å². The van der Waals surface area contributed by atoms with Crippen LogP contribution in [-0.2, 0) is 6.54 Å². The highest BCUT2D eigenvalue weighted by Gasteiger charge is 2.16. The Morgan fingerprint density at radius 1 is 1.42 bits per heavy atom. The van der Waals surface area contributed by atoms with Crippen molar-refractivity contribution < 1.29 is 9.53 Å². The second kappa shape index (κ2) is 5.69. The van der Waals surface area contributed by atoms with E-state index < -0.39 is 0 Å². The summed E-state index contributed by atoms with van der Waals surface area (Å²) in [5.41, 5.74) is 1.61. The molecule has 2 rings (SSSR count). The minimum absolute atomic E-state index is 0.0725. The summed E-state index contributed by atoms with van der Waals surface area (Å²) in [7, 11) is 1.61. The molecular weight excluding hydrogens is 240 g/mol. The Morgan fingerprint density at radius 3 is 2.89 bits per heavy atom. The van der Waals surface area contributed by atoms with Gasteiger partial charge in [0.15, 0.2) is 5.82 Å². The van der Waals surface area contributed by atoms with Crippen LogP contribution < -0.4 is 4.74 Å². The molecule has 0 atom stereocenters. The smallest absolute Gasteiger partial charge is 0.228 e. The van der Waals surface area contributed by atoms with Crippen LogP contribution >= 0.6 is 0 Å². The Bertz CT molecular complexity index is 588. The Hall–Kier alpha value is -2.10. The average Bonchev–Trinajstić information content (AvgIpc) is 2.87. The van der Waals surface area contributed by atoms with Gasteiger partial charge in [-0.3, -0.25) is 4.79 Å². The third-order valence-corrected chi connectivity index (χ3v) is 3.05. The van der Waals surface area contributed by atoms with E-state index in [9.17, 15) is 4.79 Å². The van der Waals surface area contributed by atoms with Crippen LogP contribution in [0.2, 0.25) is 0 Å². The van der Waals surface area contributed by atoms with Crippen molar-refractivity contribution in [3.05, 3.63) is 47.5 Å². The van der Waals surface area contributed by atoms with Crippen molar-refractivity contribution in [2.75, 3.05) is 7.11 Å². The highest BCUT2D eigenvalue weighted by atomic mass is 16.5. The number of imidazole rings is 1. The van der Waals surface area contributed by atoms with Crippen molar-refractivity contribution in [1.29, 1.82) is 0 Å². The number of methoxy groups -OCH3 is 1. The number of aryl methyl sites for hydroxylation is 2. The molecule has 0 radical (unpaired) electrons. The molecule has 0 aliphatic carbocycles. The highest BCUT2D eigenvalue weighted by molar-refractivity contribution is 6.07. The molecular formula is C15H18N2O2. The molecule has 0 saturated heterocycles. The first kappa shape index (κ1) is 13.3. The van der Waals surface area contributed by atoms with Gasteiger partial charge in [-0.25, -0.2) is 4.98 Å². The highest BCUT2D eigenvalue weighted by Crippen LogP contribution is 2.20. The van der Waals surface area contributed by atoms with Crippen molar-refractivity contribution in [2.24, 2.45) is 0 Å².